The third kappa shape index (κ3) is 1.42. The molecular weight excluding hydrogens is 220 g/mol. The highest BCUT2D eigenvalue weighted by Gasteiger charge is 2.22. The summed E-state index contributed by atoms with van der Waals surface area (Å²) >= 11 is 0. The van der Waals surface area contributed by atoms with Gasteiger partial charge in [0, 0.05) is 23.3 Å². The van der Waals surface area contributed by atoms with Crippen LogP contribution in [0.4, 0.5) is 5.69 Å². The van der Waals surface area contributed by atoms with Crippen molar-refractivity contribution in [3.8, 4) is 0 Å². The number of benzene rings is 2. The lowest BCUT2D eigenvalue weighted by Crippen LogP contribution is -2.05. The first-order valence-electron chi connectivity index (χ1n) is 6.32. The Bertz CT molecular complexity index is 654. The first-order chi connectivity index (χ1) is 8.90. The molecule has 1 aliphatic heterocycles. The zero-order valence-corrected chi connectivity index (χ0v) is 9.98. The van der Waals surface area contributed by atoms with Crippen molar-refractivity contribution in [3.05, 3.63) is 65.9 Å². The molecule has 1 aliphatic rings. The van der Waals surface area contributed by atoms with Gasteiger partial charge in [0.1, 0.15) is 0 Å². The van der Waals surface area contributed by atoms with E-state index in [0.717, 1.165) is 6.42 Å². The molecule has 0 spiro atoms. The lowest BCUT2D eigenvalue weighted by atomic mass is 10.1. The van der Waals surface area contributed by atoms with E-state index in [-0.39, 0.29) is 0 Å². The van der Waals surface area contributed by atoms with Crippen molar-refractivity contribution < 1.29 is 0 Å². The van der Waals surface area contributed by atoms with Gasteiger partial charge in [-0.25, -0.2) is 0 Å². The summed E-state index contributed by atoms with van der Waals surface area (Å²) in [5, 5.41) is 4.86. The minimum absolute atomic E-state index is 0.370. The third-order valence-corrected chi connectivity index (χ3v) is 3.70. The van der Waals surface area contributed by atoms with Crippen molar-refractivity contribution in [3.63, 3.8) is 0 Å². The molecule has 1 aromatic heterocycles. The number of H-pyrrole nitrogens is 1. The van der Waals surface area contributed by atoms with Gasteiger partial charge in [0.2, 0.25) is 0 Å². The van der Waals surface area contributed by atoms with E-state index in [0.29, 0.717) is 6.04 Å². The Morgan fingerprint density at radius 1 is 0.944 bits per heavy atom. The van der Waals surface area contributed by atoms with Crippen molar-refractivity contribution >= 4 is 16.6 Å². The Kier molecular flexibility index (Phi) is 1.97. The van der Waals surface area contributed by atoms with Gasteiger partial charge in [0.15, 0.2) is 0 Å². The lowest BCUT2D eigenvalue weighted by molar-refractivity contribution is 0.799. The van der Waals surface area contributed by atoms with Gasteiger partial charge >= 0.3 is 0 Å². The van der Waals surface area contributed by atoms with Crippen LogP contribution in [0.15, 0.2) is 54.6 Å². The van der Waals surface area contributed by atoms with Gasteiger partial charge in [-0.15, -0.1) is 0 Å². The van der Waals surface area contributed by atoms with Crippen molar-refractivity contribution in [2.75, 3.05) is 5.32 Å². The molecule has 88 valence electrons. The highest BCUT2D eigenvalue weighted by molar-refractivity contribution is 5.80. The van der Waals surface area contributed by atoms with Crippen molar-refractivity contribution in [1.29, 1.82) is 0 Å². The van der Waals surface area contributed by atoms with Crippen LogP contribution in [0, 0.1) is 0 Å². The Labute approximate surface area is 106 Å². The summed E-state index contributed by atoms with van der Waals surface area (Å²) in [5.74, 6) is 0. The lowest BCUT2D eigenvalue weighted by Gasteiger charge is -2.08. The number of hydrogen-bond donors (Lipinski definition) is 2. The van der Waals surface area contributed by atoms with E-state index in [2.05, 4.69) is 64.9 Å². The van der Waals surface area contributed by atoms with Gasteiger partial charge in [0.25, 0.3) is 0 Å². The van der Waals surface area contributed by atoms with E-state index in [1.807, 2.05) is 0 Å². The molecule has 2 aromatic carbocycles. The number of aromatic nitrogens is 1. The Balaban J connectivity index is 1.73. The van der Waals surface area contributed by atoms with Gasteiger partial charge in [-0.1, -0.05) is 36.4 Å². The largest absolute Gasteiger partial charge is 0.376 e. The molecule has 0 fully saturated rings. The quantitative estimate of drug-likeness (QED) is 0.657. The van der Waals surface area contributed by atoms with Crippen LogP contribution in [0.5, 0.6) is 0 Å². The highest BCUT2D eigenvalue weighted by atomic mass is 15.0. The maximum absolute atomic E-state index is 3.58. The summed E-state index contributed by atoms with van der Waals surface area (Å²) in [7, 11) is 0. The summed E-state index contributed by atoms with van der Waals surface area (Å²) in [6, 6.07) is 19.6. The maximum Gasteiger partial charge on any atom is 0.0704 e. The molecule has 0 saturated carbocycles. The molecule has 2 nitrogen and oxygen atoms in total. The number of fused-ring (bicyclic) bond motifs is 2. The number of rotatable bonds is 1. The molecule has 18 heavy (non-hydrogen) atoms. The molecule has 0 radical (unpaired) electrons. The predicted octanol–water partition coefficient (Wildman–Crippen LogP) is 3.88. The summed E-state index contributed by atoms with van der Waals surface area (Å²) < 4.78 is 0. The fourth-order valence-electron chi connectivity index (χ4n) is 2.77. The highest BCUT2D eigenvalue weighted by Crippen LogP contribution is 2.34. The molecule has 0 unspecified atom stereocenters. The van der Waals surface area contributed by atoms with Gasteiger partial charge in [-0.2, -0.15) is 0 Å². The first kappa shape index (κ1) is 9.77. The fraction of sp³-hybridized carbons (Fsp3) is 0.125. The zero-order chi connectivity index (χ0) is 11.9. The predicted molar refractivity (Wildman–Crippen MR) is 74.8 cm³/mol. The van der Waals surface area contributed by atoms with E-state index in [1.54, 1.807) is 0 Å². The van der Waals surface area contributed by atoms with E-state index >= 15 is 0 Å². The number of nitrogens with one attached hydrogen (secondary N) is 2. The van der Waals surface area contributed by atoms with Crippen molar-refractivity contribution in [2.24, 2.45) is 0 Å². The summed E-state index contributed by atoms with van der Waals surface area (Å²) in [6.07, 6.45) is 1.06. The van der Waals surface area contributed by atoms with E-state index in [1.165, 1.54) is 27.8 Å². The molecule has 2 heterocycles. The average molecular weight is 234 g/mol. The van der Waals surface area contributed by atoms with Crippen LogP contribution in [0.25, 0.3) is 10.9 Å². The summed E-state index contributed by atoms with van der Waals surface area (Å²) in [5.41, 5.74) is 5.15. The number of anilines is 1. The second-order valence-electron chi connectivity index (χ2n) is 4.87. The molecule has 0 saturated heterocycles. The van der Waals surface area contributed by atoms with E-state index in [4.69, 9.17) is 0 Å². The normalized spacial score (nSPS) is 17.7. The van der Waals surface area contributed by atoms with Crippen LogP contribution in [-0.4, -0.2) is 4.98 Å². The second kappa shape index (κ2) is 3.64. The van der Waals surface area contributed by atoms with Gasteiger partial charge in [0.05, 0.1) is 6.04 Å². The van der Waals surface area contributed by atoms with Gasteiger partial charge < -0.3 is 10.3 Å². The van der Waals surface area contributed by atoms with Crippen molar-refractivity contribution in [2.45, 2.75) is 12.5 Å². The first-order valence-corrected chi connectivity index (χ1v) is 6.32. The zero-order valence-electron chi connectivity index (χ0n) is 9.98. The molecule has 3 aromatic rings. The summed E-state index contributed by atoms with van der Waals surface area (Å²) in [4.78, 5) is 3.51. The van der Waals surface area contributed by atoms with Gasteiger partial charge in [-0.05, 0) is 29.1 Å². The molecule has 2 N–H and O–H groups in total. The smallest absolute Gasteiger partial charge is 0.0704 e. The minimum atomic E-state index is 0.370. The van der Waals surface area contributed by atoms with Crippen LogP contribution < -0.4 is 5.32 Å². The molecule has 4 rings (SSSR count). The average Bonchev–Trinajstić information content (AvgIpc) is 3.02. The molecule has 0 aliphatic carbocycles. The van der Waals surface area contributed by atoms with E-state index < -0.39 is 0 Å². The van der Waals surface area contributed by atoms with Crippen LogP contribution in [0.3, 0.4) is 0 Å². The Morgan fingerprint density at radius 2 is 1.78 bits per heavy atom. The number of aromatic amines is 1. The molecule has 2 heteroatoms. The monoisotopic (exact) mass is 234 g/mol. The van der Waals surface area contributed by atoms with Crippen molar-refractivity contribution in [1.82, 2.24) is 4.98 Å². The van der Waals surface area contributed by atoms with Crippen LogP contribution in [-0.2, 0) is 6.42 Å². The topological polar surface area (TPSA) is 27.8 Å². The number of hydrogen-bond acceptors (Lipinski definition) is 1. The third-order valence-electron chi connectivity index (χ3n) is 3.70. The maximum atomic E-state index is 3.58. The SMILES string of the molecule is c1ccc2c(c1)C[C@H](c1cc3ccccc3[nH]1)N2. The molecule has 0 amide bonds. The van der Waals surface area contributed by atoms with E-state index in [9.17, 15) is 0 Å². The fourth-order valence-corrected chi connectivity index (χ4v) is 2.77. The second-order valence-corrected chi connectivity index (χ2v) is 4.87. The van der Waals surface area contributed by atoms with Crippen LogP contribution in [0.1, 0.15) is 17.3 Å². The standard InChI is InChI=1S/C16H14N2/c1-3-7-13-11(5-1)9-15(17-13)16-10-12-6-2-4-8-14(12)18-16/h1-9,16-18H,10H2/t16-/m1/s1. The van der Waals surface area contributed by atoms with Gasteiger partial charge in [-0.3, -0.25) is 0 Å². The molecule has 1 atom stereocenters. The Morgan fingerprint density at radius 3 is 2.67 bits per heavy atom. The summed E-state index contributed by atoms with van der Waals surface area (Å²) in [6.45, 7) is 0. The van der Waals surface area contributed by atoms with Crippen LogP contribution in [0.2, 0.25) is 0 Å². The number of para-hydroxylation sites is 2. The molecule has 0 bridgehead atoms. The Hall–Kier alpha value is -2.22. The minimum Gasteiger partial charge on any atom is -0.376 e. The molecular formula is C16H14N2. The van der Waals surface area contributed by atoms with Crippen LogP contribution >= 0.6 is 0 Å².